The van der Waals surface area contributed by atoms with Crippen molar-refractivity contribution >= 4 is 17.3 Å². The zero-order chi connectivity index (χ0) is 20.5. The predicted molar refractivity (Wildman–Crippen MR) is 124 cm³/mol. The lowest BCUT2D eigenvalue weighted by Crippen LogP contribution is -2.47. The van der Waals surface area contributed by atoms with E-state index < -0.39 is 0 Å². The van der Waals surface area contributed by atoms with E-state index in [2.05, 4.69) is 53.1 Å². The quantitative estimate of drug-likeness (QED) is 0.537. The van der Waals surface area contributed by atoms with E-state index in [0.717, 1.165) is 57.0 Å². The Labute approximate surface area is 181 Å². The number of aliphatic hydroxyl groups excluding tert-OH is 1. The van der Waals surface area contributed by atoms with Crippen molar-refractivity contribution in [3.63, 3.8) is 0 Å². The van der Waals surface area contributed by atoms with Crippen molar-refractivity contribution in [2.24, 2.45) is 5.92 Å². The van der Waals surface area contributed by atoms with E-state index in [9.17, 15) is 5.11 Å². The molecule has 0 spiro atoms. The minimum Gasteiger partial charge on any atom is -0.393 e. The summed E-state index contributed by atoms with van der Waals surface area (Å²) in [5, 5.41) is 11.4. The zero-order valence-electron chi connectivity index (χ0n) is 17.6. The van der Waals surface area contributed by atoms with Crippen LogP contribution in [0.1, 0.15) is 38.2 Å². The highest BCUT2D eigenvalue weighted by Gasteiger charge is 2.20. The van der Waals surface area contributed by atoms with Crippen molar-refractivity contribution in [2.45, 2.75) is 45.1 Å². The zero-order valence-corrected chi connectivity index (χ0v) is 18.4. The summed E-state index contributed by atoms with van der Waals surface area (Å²) in [5.74, 6) is 0.374. The van der Waals surface area contributed by atoms with Gasteiger partial charge in [0, 0.05) is 43.4 Å². The summed E-state index contributed by atoms with van der Waals surface area (Å²) >= 11 is 6.12. The number of anilines is 1. The lowest BCUT2D eigenvalue weighted by Gasteiger charge is -2.36. The third-order valence-electron chi connectivity index (χ3n) is 6.16. The Morgan fingerprint density at radius 1 is 0.931 bits per heavy atom. The molecule has 2 atom stereocenters. The van der Waals surface area contributed by atoms with Gasteiger partial charge in [0.05, 0.1) is 6.10 Å². The van der Waals surface area contributed by atoms with Crippen LogP contribution in [0.4, 0.5) is 5.69 Å². The van der Waals surface area contributed by atoms with E-state index in [1.165, 1.54) is 24.1 Å². The molecule has 0 aromatic heterocycles. The molecule has 3 rings (SSSR count). The SMILES string of the molecule is CC(CCCCc1ccccc1)C(O)CCN1CCN(c2cccc(Cl)c2)CC1. The number of rotatable bonds is 10. The smallest absolute Gasteiger partial charge is 0.0577 e. The molecule has 1 aliphatic rings. The summed E-state index contributed by atoms with van der Waals surface area (Å²) in [5.41, 5.74) is 2.62. The van der Waals surface area contributed by atoms with E-state index >= 15 is 0 Å². The molecule has 1 aliphatic heterocycles. The summed E-state index contributed by atoms with van der Waals surface area (Å²) in [7, 11) is 0. The molecule has 2 unspecified atom stereocenters. The molecule has 29 heavy (non-hydrogen) atoms. The first-order valence-corrected chi connectivity index (χ1v) is 11.4. The number of aryl methyl sites for hydroxylation is 1. The maximum absolute atomic E-state index is 10.6. The first-order chi connectivity index (χ1) is 14.1. The van der Waals surface area contributed by atoms with Crippen molar-refractivity contribution in [3.05, 3.63) is 65.2 Å². The molecule has 0 aliphatic carbocycles. The lowest BCUT2D eigenvalue weighted by molar-refractivity contribution is 0.0861. The molecular formula is C25H35ClN2O. The average Bonchev–Trinajstić information content (AvgIpc) is 2.76. The highest BCUT2D eigenvalue weighted by Crippen LogP contribution is 2.21. The van der Waals surface area contributed by atoms with E-state index in [1.54, 1.807) is 0 Å². The monoisotopic (exact) mass is 414 g/mol. The van der Waals surface area contributed by atoms with E-state index in [-0.39, 0.29) is 6.10 Å². The van der Waals surface area contributed by atoms with Gasteiger partial charge in [-0.15, -0.1) is 0 Å². The topological polar surface area (TPSA) is 26.7 Å². The van der Waals surface area contributed by atoms with Crippen LogP contribution in [0.2, 0.25) is 5.02 Å². The van der Waals surface area contributed by atoms with Crippen LogP contribution in [0.5, 0.6) is 0 Å². The van der Waals surface area contributed by atoms with Crippen LogP contribution in [0, 0.1) is 5.92 Å². The molecule has 4 heteroatoms. The van der Waals surface area contributed by atoms with Crippen LogP contribution in [0.15, 0.2) is 54.6 Å². The van der Waals surface area contributed by atoms with Crippen LogP contribution in [-0.4, -0.2) is 48.8 Å². The number of hydrogen-bond donors (Lipinski definition) is 1. The van der Waals surface area contributed by atoms with Crippen molar-refractivity contribution < 1.29 is 5.11 Å². The maximum Gasteiger partial charge on any atom is 0.0577 e. The Hall–Kier alpha value is -1.55. The van der Waals surface area contributed by atoms with Crippen LogP contribution < -0.4 is 4.90 Å². The van der Waals surface area contributed by atoms with E-state index in [1.807, 2.05) is 18.2 Å². The maximum atomic E-state index is 10.6. The fourth-order valence-electron chi connectivity index (χ4n) is 4.13. The number of aliphatic hydroxyl groups is 1. The van der Waals surface area contributed by atoms with Gasteiger partial charge in [-0.25, -0.2) is 0 Å². The molecule has 3 nitrogen and oxygen atoms in total. The molecule has 1 fully saturated rings. The number of hydrogen-bond acceptors (Lipinski definition) is 3. The molecule has 1 saturated heterocycles. The minimum absolute atomic E-state index is 0.197. The summed E-state index contributed by atoms with van der Waals surface area (Å²) in [6, 6.07) is 18.8. The van der Waals surface area contributed by atoms with Crippen LogP contribution >= 0.6 is 11.6 Å². The number of unbranched alkanes of at least 4 members (excludes halogenated alkanes) is 1. The van der Waals surface area contributed by atoms with Crippen LogP contribution in [0.25, 0.3) is 0 Å². The Morgan fingerprint density at radius 3 is 2.41 bits per heavy atom. The number of nitrogens with zero attached hydrogens (tertiary/aromatic N) is 2. The third kappa shape index (κ3) is 7.33. The normalized spacial score (nSPS) is 17.3. The van der Waals surface area contributed by atoms with Gasteiger partial charge in [-0.2, -0.15) is 0 Å². The molecule has 0 saturated carbocycles. The fourth-order valence-corrected chi connectivity index (χ4v) is 4.32. The Bertz CT molecular complexity index is 716. The second-order valence-corrected chi connectivity index (χ2v) is 8.81. The van der Waals surface area contributed by atoms with Gasteiger partial charge >= 0.3 is 0 Å². The number of benzene rings is 2. The van der Waals surface area contributed by atoms with Crippen LogP contribution in [-0.2, 0) is 6.42 Å². The highest BCUT2D eigenvalue weighted by molar-refractivity contribution is 6.30. The summed E-state index contributed by atoms with van der Waals surface area (Å²) < 4.78 is 0. The molecule has 0 radical (unpaired) electrons. The third-order valence-corrected chi connectivity index (χ3v) is 6.40. The van der Waals surface area contributed by atoms with Gasteiger partial charge in [0.2, 0.25) is 0 Å². The molecular weight excluding hydrogens is 380 g/mol. The largest absolute Gasteiger partial charge is 0.393 e. The molecule has 0 bridgehead atoms. The second-order valence-electron chi connectivity index (χ2n) is 8.37. The van der Waals surface area contributed by atoms with E-state index in [0.29, 0.717) is 5.92 Å². The Balaban J connectivity index is 1.29. The highest BCUT2D eigenvalue weighted by atomic mass is 35.5. The molecule has 1 heterocycles. The van der Waals surface area contributed by atoms with Crippen LogP contribution in [0.3, 0.4) is 0 Å². The number of piperazine rings is 1. The van der Waals surface area contributed by atoms with Gasteiger partial charge in [0.15, 0.2) is 0 Å². The van der Waals surface area contributed by atoms with Crippen molar-refractivity contribution in [1.82, 2.24) is 4.90 Å². The minimum atomic E-state index is -0.197. The first-order valence-electron chi connectivity index (χ1n) is 11.1. The first kappa shape index (κ1) is 22.1. The fraction of sp³-hybridized carbons (Fsp3) is 0.520. The van der Waals surface area contributed by atoms with Gasteiger partial charge in [-0.1, -0.05) is 61.3 Å². The van der Waals surface area contributed by atoms with Crippen molar-refractivity contribution in [1.29, 1.82) is 0 Å². The van der Waals surface area contributed by atoms with Gasteiger partial charge in [0.25, 0.3) is 0 Å². The summed E-state index contributed by atoms with van der Waals surface area (Å²) in [6.07, 6.45) is 5.31. The van der Waals surface area contributed by atoms with Gasteiger partial charge in [0.1, 0.15) is 0 Å². The summed E-state index contributed by atoms with van der Waals surface area (Å²) in [4.78, 5) is 4.88. The van der Waals surface area contributed by atoms with Gasteiger partial charge < -0.3 is 10.0 Å². The summed E-state index contributed by atoms with van der Waals surface area (Å²) in [6.45, 7) is 7.31. The van der Waals surface area contributed by atoms with Crippen molar-refractivity contribution in [2.75, 3.05) is 37.6 Å². The molecule has 2 aromatic rings. The molecule has 1 N–H and O–H groups in total. The standard InChI is InChI=1S/C25H35ClN2O/c1-21(8-5-6-11-22-9-3-2-4-10-22)25(29)14-15-27-16-18-28(19-17-27)24-13-7-12-23(26)20-24/h2-4,7,9-10,12-13,20-21,25,29H,5-6,8,11,14-19H2,1H3. The Morgan fingerprint density at radius 2 is 1.69 bits per heavy atom. The van der Waals surface area contributed by atoms with Gasteiger partial charge in [-0.05, 0) is 55.4 Å². The number of halogens is 1. The van der Waals surface area contributed by atoms with Gasteiger partial charge in [-0.3, -0.25) is 4.90 Å². The molecule has 0 amide bonds. The molecule has 2 aromatic carbocycles. The van der Waals surface area contributed by atoms with Crippen molar-refractivity contribution in [3.8, 4) is 0 Å². The average molecular weight is 415 g/mol. The molecule has 158 valence electrons. The predicted octanol–water partition coefficient (Wildman–Crippen LogP) is 5.26. The second kappa shape index (κ2) is 11.6. The Kier molecular flexibility index (Phi) is 8.85. The van der Waals surface area contributed by atoms with E-state index in [4.69, 9.17) is 11.6 Å². The lowest BCUT2D eigenvalue weighted by atomic mass is 9.94.